The number of carbonyl (C=O) groups is 1. The molecule has 1 aliphatic rings. The molecular weight excluding hydrogens is 318 g/mol. The minimum atomic E-state index is -0.711. The number of hydrogen-bond donors (Lipinski definition) is 1. The third-order valence-electron chi connectivity index (χ3n) is 3.15. The molecule has 0 amide bonds. The second-order valence-electron chi connectivity index (χ2n) is 4.37. The van der Waals surface area contributed by atoms with Crippen LogP contribution in [-0.2, 0) is 11.3 Å². The summed E-state index contributed by atoms with van der Waals surface area (Å²) in [5.74, 6) is -0.711. The van der Waals surface area contributed by atoms with Crippen LogP contribution in [0.2, 0.25) is 0 Å². The van der Waals surface area contributed by atoms with Crippen LogP contribution >= 0.6 is 27.3 Å². The van der Waals surface area contributed by atoms with Crippen LogP contribution in [0.25, 0.3) is 0 Å². The Balaban J connectivity index is 2.08. The summed E-state index contributed by atoms with van der Waals surface area (Å²) < 4.78 is 6.16. The topological polar surface area (TPSA) is 49.8 Å². The van der Waals surface area contributed by atoms with Crippen molar-refractivity contribution in [1.29, 1.82) is 0 Å². The molecule has 2 rings (SSSR count). The van der Waals surface area contributed by atoms with E-state index in [0.717, 1.165) is 40.2 Å². The summed E-state index contributed by atoms with van der Waals surface area (Å²) in [7, 11) is 1.64. The Hall–Kier alpha value is -0.590. The Bertz CT molecular complexity index is 435. The van der Waals surface area contributed by atoms with Crippen LogP contribution < -0.4 is 4.74 Å². The standard InChI is InChI=1S/C12H16BrNO3S/c1-17-12-9(13)6-8(18-12)7-14-5-3-2-4-10(14)11(15)16/h6,10H,2-5,7H2,1H3,(H,15,16). The van der Waals surface area contributed by atoms with Gasteiger partial charge in [-0.1, -0.05) is 6.42 Å². The highest BCUT2D eigenvalue weighted by Gasteiger charge is 2.28. The second kappa shape index (κ2) is 6.04. The van der Waals surface area contributed by atoms with Crippen molar-refractivity contribution < 1.29 is 14.6 Å². The lowest BCUT2D eigenvalue weighted by Gasteiger charge is -2.32. The number of carboxylic acid groups (broad SMARTS) is 1. The summed E-state index contributed by atoms with van der Waals surface area (Å²) in [4.78, 5) is 14.4. The minimum Gasteiger partial charge on any atom is -0.486 e. The molecule has 1 aromatic rings. The molecule has 1 aliphatic heterocycles. The van der Waals surface area contributed by atoms with E-state index in [4.69, 9.17) is 4.74 Å². The summed E-state index contributed by atoms with van der Waals surface area (Å²) >= 11 is 5.00. The fraction of sp³-hybridized carbons (Fsp3) is 0.583. The molecule has 1 saturated heterocycles. The number of hydrogen-bond acceptors (Lipinski definition) is 4. The summed E-state index contributed by atoms with van der Waals surface area (Å²) in [5, 5.41) is 10.1. The van der Waals surface area contributed by atoms with Crippen molar-refractivity contribution in [2.45, 2.75) is 31.8 Å². The van der Waals surface area contributed by atoms with Gasteiger partial charge < -0.3 is 9.84 Å². The summed E-state index contributed by atoms with van der Waals surface area (Å²) in [6.45, 7) is 1.54. The molecule has 6 heteroatoms. The Morgan fingerprint density at radius 3 is 3.06 bits per heavy atom. The number of ether oxygens (including phenoxy) is 1. The highest BCUT2D eigenvalue weighted by Crippen LogP contribution is 2.36. The van der Waals surface area contributed by atoms with Gasteiger partial charge in [0.1, 0.15) is 6.04 Å². The number of likely N-dealkylation sites (tertiary alicyclic amines) is 1. The van der Waals surface area contributed by atoms with Crippen LogP contribution in [0.3, 0.4) is 0 Å². The van der Waals surface area contributed by atoms with E-state index in [9.17, 15) is 9.90 Å². The second-order valence-corrected chi connectivity index (χ2v) is 6.33. The summed E-state index contributed by atoms with van der Waals surface area (Å²) in [6, 6.07) is 1.67. The molecule has 4 nitrogen and oxygen atoms in total. The van der Waals surface area contributed by atoms with E-state index in [1.165, 1.54) is 0 Å². The number of aliphatic carboxylic acids is 1. The Morgan fingerprint density at radius 2 is 2.44 bits per heavy atom. The van der Waals surface area contributed by atoms with Crippen molar-refractivity contribution in [3.63, 3.8) is 0 Å². The zero-order chi connectivity index (χ0) is 13.1. The largest absolute Gasteiger partial charge is 0.486 e. The first-order valence-electron chi connectivity index (χ1n) is 5.91. The van der Waals surface area contributed by atoms with Gasteiger partial charge in [-0.25, -0.2) is 0 Å². The molecule has 0 aromatic carbocycles. The van der Waals surface area contributed by atoms with E-state index < -0.39 is 5.97 Å². The Kier molecular flexibility index (Phi) is 4.64. The molecule has 1 unspecified atom stereocenters. The third kappa shape index (κ3) is 3.05. The molecule has 100 valence electrons. The molecule has 1 fully saturated rings. The normalized spacial score (nSPS) is 20.9. The fourth-order valence-corrected chi connectivity index (χ4v) is 3.99. The molecule has 18 heavy (non-hydrogen) atoms. The molecule has 1 N–H and O–H groups in total. The van der Waals surface area contributed by atoms with Crippen LogP contribution in [0.5, 0.6) is 5.06 Å². The van der Waals surface area contributed by atoms with Crippen molar-refractivity contribution >= 4 is 33.2 Å². The fourth-order valence-electron chi connectivity index (χ4n) is 2.27. The lowest BCUT2D eigenvalue weighted by Crippen LogP contribution is -2.43. The van der Waals surface area contributed by atoms with Crippen molar-refractivity contribution in [3.05, 3.63) is 15.4 Å². The van der Waals surface area contributed by atoms with Gasteiger partial charge in [0.05, 0.1) is 11.6 Å². The Morgan fingerprint density at radius 1 is 1.67 bits per heavy atom. The zero-order valence-corrected chi connectivity index (χ0v) is 12.6. The zero-order valence-electron chi connectivity index (χ0n) is 10.2. The number of halogens is 1. The number of nitrogens with zero attached hydrogens (tertiary/aromatic N) is 1. The van der Waals surface area contributed by atoms with Crippen LogP contribution in [0.1, 0.15) is 24.1 Å². The quantitative estimate of drug-likeness (QED) is 0.920. The molecule has 2 heterocycles. The first kappa shape index (κ1) is 13.8. The van der Waals surface area contributed by atoms with Crippen molar-refractivity contribution in [2.24, 2.45) is 0 Å². The molecule has 0 bridgehead atoms. The van der Waals surface area contributed by atoms with Crippen LogP contribution in [0.15, 0.2) is 10.5 Å². The number of carboxylic acids is 1. The summed E-state index contributed by atoms with van der Waals surface area (Å²) in [6.07, 6.45) is 2.83. The number of rotatable bonds is 4. The van der Waals surface area contributed by atoms with E-state index >= 15 is 0 Å². The van der Waals surface area contributed by atoms with Gasteiger partial charge in [0.15, 0.2) is 5.06 Å². The lowest BCUT2D eigenvalue weighted by molar-refractivity contribution is -0.144. The first-order chi connectivity index (χ1) is 8.61. The maximum atomic E-state index is 11.2. The van der Waals surface area contributed by atoms with E-state index in [1.807, 2.05) is 11.0 Å². The predicted molar refractivity (Wildman–Crippen MR) is 74.3 cm³/mol. The van der Waals surface area contributed by atoms with E-state index in [-0.39, 0.29) is 6.04 Å². The van der Waals surface area contributed by atoms with Gasteiger partial charge in [-0.05, 0) is 41.4 Å². The van der Waals surface area contributed by atoms with Gasteiger partial charge >= 0.3 is 5.97 Å². The van der Waals surface area contributed by atoms with E-state index in [0.29, 0.717) is 6.54 Å². The van der Waals surface area contributed by atoms with Crippen molar-refractivity contribution in [2.75, 3.05) is 13.7 Å². The molecule has 1 aromatic heterocycles. The minimum absolute atomic E-state index is 0.342. The van der Waals surface area contributed by atoms with Gasteiger partial charge in [-0.15, -0.1) is 11.3 Å². The highest BCUT2D eigenvalue weighted by atomic mass is 79.9. The summed E-state index contributed by atoms with van der Waals surface area (Å²) in [5.41, 5.74) is 0. The average molecular weight is 334 g/mol. The Labute approximate surface area is 119 Å². The monoisotopic (exact) mass is 333 g/mol. The maximum Gasteiger partial charge on any atom is 0.320 e. The molecular formula is C12H16BrNO3S. The number of methoxy groups -OCH3 is 1. The van der Waals surface area contributed by atoms with Crippen LogP contribution in [-0.4, -0.2) is 35.7 Å². The molecule has 0 aliphatic carbocycles. The lowest BCUT2D eigenvalue weighted by atomic mass is 10.0. The number of piperidine rings is 1. The third-order valence-corrected chi connectivity index (χ3v) is 5.08. The molecule has 1 atom stereocenters. The van der Waals surface area contributed by atoms with E-state index in [2.05, 4.69) is 15.9 Å². The van der Waals surface area contributed by atoms with E-state index in [1.54, 1.807) is 18.4 Å². The van der Waals surface area contributed by atoms with Crippen molar-refractivity contribution in [1.82, 2.24) is 4.90 Å². The maximum absolute atomic E-state index is 11.2. The first-order valence-corrected chi connectivity index (χ1v) is 7.52. The molecule has 0 spiro atoms. The van der Waals surface area contributed by atoms with Gasteiger partial charge in [0.25, 0.3) is 0 Å². The molecule has 0 radical (unpaired) electrons. The smallest absolute Gasteiger partial charge is 0.320 e. The van der Waals surface area contributed by atoms with Gasteiger partial charge in [-0.3, -0.25) is 9.69 Å². The highest BCUT2D eigenvalue weighted by molar-refractivity contribution is 9.10. The SMILES string of the molecule is COc1sc(CN2CCCCC2C(=O)O)cc1Br. The van der Waals surface area contributed by atoms with Crippen LogP contribution in [0, 0.1) is 0 Å². The molecule has 0 saturated carbocycles. The van der Waals surface area contributed by atoms with Crippen LogP contribution in [0.4, 0.5) is 0 Å². The van der Waals surface area contributed by atoms with Gasteiger partial charge in [0, 0.05) is 11.4 Å². The predicted octanol–water partition coefficient (Wildman–Crippen LogP) is 2.96. The van der Waals surface area contributed by atoms with Gasteiger partial charge in [0.2, 0.25) is 0 Å². The number of thiophene rings is 1. The van der Waals surface area contributed by atoms with Gasteiger partial charge in [-0.2, -0.15) is 0 Å². The van der Waals surface area contributed by atoms with Crippen molar-refractivity contribution in [3.8, 4) is 5.06 Å². The average Bonchev–Trinajstić information content (AvgIpc) is 2.70.